The van der Waals surface area contributed by atoms with Gasteiger partial charge in [-0.1, -0.05) is 76.7 Å². The van der Waals surface area contributed by atoms with E-state index >= 15 is 0 Å². The van der Waals surface area contributed by atoms with Gasteiger partial charge in [0.1, 0.15) is 0 Å². The molecular weight excluding hydrogens is 257 g/mol. The average Bonchev–Trinajstić information content (AvgIpc) is 2.49. The smallest absolute Gasteiger partial charge is 0.261 e. The van der Waals surface area contributed by atoms with Crippen LogP contribution in [0, 0.1) is 0 Å². The molecule has 0 rings (SSSR count). The van der Waals surface area contributed by atoms with Crippen LogP contribution in [0.5, 0.6) is 0 Å². The van der Waals surface area contributed by atoms with Crippen molar-refractivity contribution in [2.75, 3.05) is 19.6 Å². The van der Waals surface area contributed by atoms with Crippen molar-refractivity contribution >= 4 is 14.1 Å². The summed E-state index contributed by atoms with van der Waals surface area (Å²) in [5.41, 5.74) is 0. The van der Waals surface area contributed by atoms with Crippen molar-refractivity contribution in [3.8, 4) is 0 Å². The van der Waals surface area contributed by atoms with E-state index in [1.807, 2.05) is 0 Å². The number of hydrogen-bond donors (Lipinski definition) is 0. The Hall–Kier alpha value is 0.492. The molecule has 20 heavy (non-hydrogen) atoms. The van der Waals surface area contributed by atoms with Crippen molar-refractivity contribution in [1.82, 2.24) is 4.90 Å². The summed E-state index contributed by atoms with van der Waals surface area (Å²) in [4.78, 5) is 2.64. The normalized spacial score (nSPS) is 10.3. The van der Waals surface area contributed by atoms with Crippen LogP contribution >= 0.6 is 0 Å². The van der Waals surface area contributed by atoms with Gasteiger partial charge >= 0.3 is 0 Å². The summed E-state index contributed by atoms with van der Waals surface area (Å²) >= 11 is -0.171. The van der Waals surface area contributed by atoms with Gasteiger partial charge in [0, 0.05) is 0 Å². The monoisotopic (exact) mass is 299 g/mol. The maximum atomic E-state index is 2.64. The second kappa shape index (κ2) is 19.5. The molecule has 0 saturated heterocycles. The summed E-state index contributed by atoms with van der Waals surface area (Å²) < 4.78 is 0. The summed E-state index contributed by atoms with van der Waals surface area (Å²) in [6.45, 7) is 17.7. The molecule has 0 aromatic carbocycles. The Morgan fingerprint density at radius 3 is 1.00 bits per heavy atom. The molecule has 0 heterocycles. The Balaban J connectivity index is 0. The molecule has 1 nitrogen and oxygen atoms in total. The molecule has 0 spiro atoms. The first-order valence-corrected chi connectivity index (χ1v) is 11.9. The Morgan fingerprint density at radius 2 is 0.850 bits per heavy atom. The Bertz CT molecular complexity index is 133. The highest BCUT2D eigenvalue weighted by atomic mass is 27.2. The number of hydrogen-bond acceptors (Lipinski definition) is 1. The van der Waals surface area contributed by atoms with Crippen LogP contribution in [0.2, 0.25) is 15.8 Å². The van der Waals surface area contributed by atoms with Gasteiger partial charge in [-0.15, -0.1) is 0 Å². The van der Waals surface area contributed by atoms with Crippen molar-refractivity contribution in [2.45, 2.75) is 95.9 Å². The number of rotatable bonds is 12. The number of unbranched alkanes of at least 4 members (excludes halogenated alkanes) is 3. The first-order chi connectivity index (χ1) is 9.69. The highest BCUT2D eigenvalue weighted by Gasteiger charge is 2.05. The summed E-state index contributed by atoms with van der Waals surface area (Å²) in [5, 5.41) is 4.48. The molecule has 0 aliphatic heterocycles. The molecule has 0 atom stereocenters. The predicted octanol–water partition coefficient (Wildman–Crippen LogP) is 6.23. The van der Waals surface area contributed by atoms with Crippen LogP contribution in [-0.2, 0) is 0 Å². The molecule has 0 saturated carbocycles. The van der Waals surface area contributed by atoms with Crippen LogP contribution < -0.4 is 0 Å². The van der Waals surface area contributed by atoms with Crippen LogP contribution in [0.1, 0.15) is 80.1 Å². The molecule has 2 heteroatoms. The summed E-state index contributed by atoms with van der Waals surface area (Å²) in [6, 6.07) is 0. The van der Waals surface area contributed by atoms with Crippen molar-refractivity contribution < 1.29 is 0 Å². The van der Waals surface area contributed by atoms with Crippen molar-refractivity contribution in [3.63, 3.8) is 0 Å². The number of nitrogens with zero attached hydrogens (tertiary/aromatic N) is 1. The van der Waals surface area contributed by atoms with E-state index < -0.39 is 0 Å². The van der Waals surface area contributed by atoms with Gasteiger partial charge in [0.15, 0.2) is 0 Å². The molecule has 0 aromatic heterocycles. The molecular formula is C18H42AlN. The van der Waals surface area contributed by atoms with Crippen LogP contribution in [0.15, 0.2) is 0 Å². The minimum absolute atomic E-state index is 0.171. The molecule has 0 aliphatic carbocycles. The molecule has 0 N–H and O–H groups in total. The quantitative estimate of drug-likeness (QED) is 0.386. The minimum atomic E-state index is -0.171. The van der Waals surface area contributed by atoms with Gasteiger partial charge < -0.3 is 4.90 Å². The summed E-state index contributed by atoms with van der Waals surface area (Å²) in [6.07, 6.45) is 8.09. The maximum absolute atomic E-state index is 2.64. The van der Waals surface area contributed by atoms with E-state index in [0.29, 0.717) is 0 Å². The van der Waals surface area contributed by atoms with Crippen LogP contribution in [0.25, 0.3) is 0 Å². The van der Waals surface area contributed by atoms with Crippen LogP contribution in [0.4, 0.5) is 0 Å². The van der Waals surface area contributed by atoms with E-state index in [1.54, 1.807) is 0 Å². The second-order valence-electron chi connectivity index (χ2n) is 5.99. The van der Waals surface area contributed by atoms with Gasteiger partial charge in [0.25, 0.3) is 14.1 Å². The van der Waals surface area contributed by atoms with E-state index in [1.165, 1.54) is 74.0 Å². The first-order valence-electron chi connectivity index (χ1n) is 9.42. The second-order valence-corrected chi connectivity index (χ2v) is 10.2. The van der Waals surface area contributed by atoms with Gasteiger partial charge in [-0.05, 0) is 38.9 Å². The SMILES string of the molecule is CCCCN(CCCC)CCCC.C[CH2][Al]([CH2]C)[CH2]C. The standard InChI is InChI=1S/C12H27N.3C2H5.Al/c1-4-7-10-13(11-8-5-2)12-9-6-3;3*1-2;/h4-12H2,1-3H3;3*1H2,2H3;. The third kappa shape index (κ3) is 16.5. The highest BCUT2D eigenvalue weighted by Crippen LogP contribution is 2.02. The van der Waals surface area contributed by atoms with E-state index in [2.05, 4.69) is 46.4 Å². The van der Waals surface area contributed by atoms with Gasteiger partial charge in [0.2, 0.25) is 0 Å². The zero-order chi connectivity index (χ0) is 15.6. The predicted molar refractivity (Wildman–Crippen MR) is 98.4 cm³/mol. The molecule has 122 valence electrons. The Morgan fingerprint density at radius 1 is 0.550 bits per heavy atom. The minimum Gasteiger partial charge on any atom is -0.303 e. The summed E-state index contributed by atoms with van der Waals surface area (Å²) in [5.74, 6) is 0. The average molecular weight is 300 g/mol. The fourth-order valence-electron chi connectivity index (χ4n) is 2.35. The fourth-order valence-corrected chi connectivity index (χ4v) is 4.08. The van der Waals surface area contributed by atoms with Gasteiger partial charge in [-0.3, -0.25) is 0 Å². The van der Waals surface area contributed by atoms with Gasteiger partial charge in [-0.2, -0.15) is 0 Å². The van der Waals surface area contributed by atoms with Crippen molar-refractivity contribution in [1.29, 1.82) is 0 Å². The topological polar surface area (TPSA) is 3.24 Å². The third-order valence-corrected chi connectivity index (χ3v) is 7.68. The molecule has 0 bridgehead atoms. The molecule has 0 fully saturated rings. The largest absolute Gasteiger partial charge is 0.303 e. The Labute approximate surface area is 134 Å². The molecule has 0 aliphatic rings. The molecule has 0 amide bonds. The molecule has 0 aromatic rings. The van der Waals surface area contributed by atoms with Gasteiger partial charge in [-0.25, -0.2) is 0 Å². The zero-order valence-corrected chi connectivity index (χ0v) is 16.7. The van der Waals surface area contributed by atoms with Crippen LogP contribution in [0.3, 0.4) is 0 Å². The van der Waals surface area contributed by atoms with E-state index in [4.69, 9.17) is 0 Å². The Kier molecular flexibility index (Phi) is 22.2. The maximum Gasteiger partial charge on any atom is 0.261 e. The first kappa shape index (κ1) is 22.8. The summed E-state index contributed by atoms with van der Waals surface area (Å²) in [7, 11) is 0. The zero-order valence-electron chi connectivity index (χ0n) is 15.5. The van der Waals surface area contributed by atoms with E-state index in [0.717, 1.165) is 0 Å². The lowest BCUT2D eigenvalue weighted by Crippen LogP contribution is -2.27. The van der Waals surface area contributed by atoms with E-state index in [9.17, 15) is 0 Å². The van der Waals surface area contributed by atoms with E-state index in [-0.39, 0.29) is 14.1 Å². The third-order valence-electron chi connectivity index (χ3n) is 4.22. The lowest BCUT2D eigenvalue weighted by molar-refractivity contribution is 0.261. The van der Waals surface area contributed by atoms with Crippen molar-refractivity contribution in [3.05, 3.63) is 0 Å². The lowest BCUT2D eigenvalue weighted by Gasteiger charge is -2.21. The molecule has 0 unspecified atom stereocenters. The van der Waals surface area contributed by atoms with Crippen molar-refractivity contribution in [2.24, 2.45) is 0 Å². The van der Waals surface area contributed by atoms with Gasteiger partial charge in [0.05, 0.1) is 0 Å². The highest BCUT2D eigenvalue weighted by molar-refractivity contribution is 6.58. The fraction of sp³-hybridized carbons (Fsp3) is 1.00. The lowest BCUT2D eigenvalue weighted by atomic mass is 10.2. The van der Waals surface area contributed by atoms with Crippen LogP contribution in [-0.4, -0.2) is 38.7 Å². The molecule has 0 radical (unpaired) electrons.